The van der Waals surface area contributed by atoms with E-state index in [-0.39, 0.29) is 14.9 Å². The molecule has 2 aromatic carbocycles. The third-order valence-electron chi connectivity index (χ3n) is 3.06. The summed E-state index contributed by atoms with van der Waals surface area (Å²) in [5.41, 5.74) is 0. The van der Waals surface area contributed by atoms with Crippen molar-refractivity contribution in [2.75, 3.05) is 0 Å². The van der Waals surface area contributed by atoms with Crippen LogP contribution in [0, 0.1) is 20.9 Å². The Morgan fingerprint density at radius 2 is 1.57 bits per heavy atom. The predicted octanol–water partition coefficient (Wildman–Crippen LogP) is 6.12. The van der Waals surface area contributed by atoms with E-state index >= 15 is 0 Å². The molecule has 0 atom stereocenters. The average molecular weight is 462 g/mol. The predicted molar refractivity (Wildman–Crippen MR) is 125 cm³/mol. The van der Waals surface area contributed by atoms with Crippen molar-refractivity contribution >= 4 is 30.3 Å². The summed E-state index contributed by atoms with van der Waals surface area (Å²) in [6, 6.07) is 14.7. The summed E-state index contributed by atoms with van der Waals surface area (Å²) in [6.45, 7) is 3.68. The fourth-order valence-electron chi connectivity index (χ4n) is 1.84. The molecule has 0 bridgehead atoms. The summed E-state index contributed by atoms with van der Waals surface area (Å²) in [7, 11) is 2.97. The third-order valence-corrected chi connectivity index (χ3v) is 3.06. The minimum atomic E-state index is -0.711. The normalized spacial score (nSPS) is 9.37. The van der Waals surface area contributed by atoms with Gasteiger partial charge in [0, 0.05) is 12.8 Å². The molecule has 0 aliphatic heterocycles. The van der Waals surface area contributed by atoms with E-state index in [1.54, 1.807) is 19.2 Å². The summed E-state index contributed by atoms with van der Waals surface area (Å²) in [5, 5.41) is 18.5. The Balaban J connectivity index is -0.000000147. The van der Waals surface area contributed by atoms with Gasteiger partial charge in [-0.05, 0) is 12.8 Å². The number of aliphatic carboxylic acids is 2. The van der Waals surface area contributed by atoms with E-state index in [4.69, 9.17) is 10.2 Å². The Hall–Kier alpha value is -1.82. The van der Waals surface area contributed by atoms with Gasteiger partial charge in [0.25, 0.3) is 0 Å². The summed E-state index contributed by atoms with van der Waals surface area (Å²) in [6.07, 6.45) is 12.0. The monoisotopic (exact) mass is 462 g/mol. The zero-order valence-electron chi connectivity index (χ0n) is 18.5. The first-order valence-corrected chi connectivity index (χ1v) is 11.9. The van der Waals surface area contributed by atoms with E-state index in [2.05, 4.69) is 62.2 Å². The molecule has 3 rings (SSSR count). The summed E-state index contributed by atoms with van der Waals surface area (Å²) < 4.78 is 0. The van der Waals surface area contributed by atoms with E-state index in [9.17, 15) is 9.59 Å². The molecule has 0 heterocycles. The van der Waals surface area contributed by atoms with E-state index in [1.807, 2.05) is 26.0 Å². The van der Waals surface area contributed by atoms with Crippen molar-refractivity contribution in [2.45, 2.75) is 46.0 Å². The molecule has 166 valence electrons. The number of carbonyl (C=O) groups is 2. The fourth-order valence-corrected chi connectivity index (χ4v) is 1.84. The van der Waals surface area contributed by atoms with Crippen LogP contribution in [0.1, 0.15) is 46.0 Å². The Labute approximate surface area is 196 Å². The van der Waals surface area contributed by atoms with Crippen molar-refractivity contribution in [2.24, 2.45) is 0 Å². The molecule has 2 radical (unpaired) electrons. The van der Waals surface area contributed by atoms with Crippen LogP contribution in [0.15, 0.2) is 60.7 Å². The largest absolute Gasteiger partial charge is 0.168 e. The summed E-state index contributed by atoms with van der Waals surface area (Å²) in [4.78, 5) is 19.2. The van der Waals surface area contributed by atoms with Gasteiger partial charge in [0.1, 0.15) is 0 Å². The molecule has 2 N–H and O–H groups in total. The molecule has 2 aromatic rings. The van der Waals surface area contributed by atoms with Gasteiger partial charge < -0.3 is 25.1 Å². The van der Waals surface area contributed by atoms with Gasteiger partial charge >= 0.3 is 38.7 Å². The van der Waals surface area contributed by atoms with E-state index in [0.29, 0.717) is 12.8 Å². The van der Waals surface area contributed by atoms with Crippen LogP contribution in [0.3, 0.4) is 0 Å². The number of carboxylic acids is 2. The van der Waals surface area contributed by atoms with E-state index in [0.717, 1.165) is 19.3 Å². The van der Waals surface area contributed by atoms with Gasteiger partial charge in [-0.1, -0.05) is 19.9 Å². The number of carboxylic acid groups (broad SMARTS) is 2. The molecular formula is C24H34O4SiTi-4. The van der Waals surface area contributed by atoms with Crippen molar-refractivity contribution in [1.29, 1.82) is 0 Å². The van der Waals surface area contributed by atoms with Crippen LogP contribution in [-0.2, 0) is 28.8 Å². The summed E-state index contributed by atoms with van der Waals surface area (Å²) >= 11 is 1.81. The van der Waals surface area contributed by atoms with Gasteiger partial charge in [-0.15, -0.1) is 36.1 Å². The first-order valence-electron chi connectivity index (χ1n) is 9.02. The second-order valence-corrected chi connectivity index (χ2v) is 5.45. The summed E-state index contributed by atoms with van der Waals surface area (Å²) in [5.74, 6) is -1.42. The zero-order valence-corrected chi connectivity index (χ0v) is 21.1. The van der Waals surface area contributed by atoms with Gasteiger partial charge in [-0.25, -0.2) is 12.2 Å². The first kappa shape index (κ1) is 35.6. The minimum Gasteiger partial charge on any atom is -0.168 e. The zero-order chi connectivity index (χ0) is 21.6. The fraction of sp³-hybridized carbons (Fsp3) is 0.292. The topological polar surface area (TPSA) is 74.6 Å². The molecule has 0 amide bonds. The van der Waals surface area contributed by atoms with Gasteiger partial charge in [-0.3, -0.25) is 15.7 Å². The molecular weight excluding hydrogens is 428 g/mol. The maximum absolute atomic E-state index is 9.60. The molecule has 0 saturated heterocycles. The average Bonchev–Trinajstić information content (AvgIpc) is 3.39. The van der Waals surface area contributed by atoms with Crippen molar-refractivity contribution in [3.8, 4) is 0 Å². The Bertz CT molecular complexity index is 652. The first-order chi connectivity index (χ1) is 13.5. The van der Waals surface area contributed by atoms with Crippen LogP contribution >= 0.6 is 0 Å². The van der Waals surface area contributed by atoms with Crippen LogP contribution in [-0.4, -0.2) is 29.8 Å². The van der Waals surface area contributed by atoms with Gasteiger partial charge in [0.2, 0.25) is 0 Å². The number of hydrogen-bond donors (Lipinski definition) is 2. The quantitative estimate of drug-likeness (QED) is 0.424. The molecule has 6 heteroatoms. The van der Waals surface area contributed by atoms with Crippen molar-refractivity contribution < 1.29 is 39.0 Å². The molecule has 0 fully saturated rings. The number of fused-ring (bicyclic) bond motifs is 1. The molecule has 4 nitrogen and oxygen atoms in total. The molecule has 0 aromatic heterocycles. The second-order valence-electron chi connectivity index (χ2n) is 5.45. The number of hydrogen-bond acceptors (Lipinski definition) is 2. The van der Waals surface area contributed by atoms with Crippen LogP contribution in [0.4, 0.5) is 0 Å². The van der Waals surface area contributed by atoms with E-state index < -0.39 is 11.9 Å². The standard InChI is InChI=1S/C9H7.C5H5.2C4H8O2.2CH3.Si.Ti/c1-2-5-9-7-3-6-8(9)4-1;1-2-4-5-3-1;2*1-2-3-4(5)6;;;;/h1-7H;1-3H,4H2;2*2-3H2,1H3,(H,5,6);2*1H3;;/q2*-1;;;2*-1;;. The van der Waals surface area contributed by atoms with Crippen molar-refractivity contribution in [3.63, 3.8) is 0 Å². The van der Waals surface area contributed by atoms with Crippen LogP contribution in [0.5, 0.6) is 0 Å². The number of rotatable bonds is 4. The van der Waals surface area contributed by atoms with Gasteiger partial charge in [-0.2, -0.15) is 23.6 Å². The number of allylic oxidation sites excluding steroid dienone is 4. The smallest absolute Gasteiger partial charge is 0.0809 e. The van der Waals surface area contributed by atoms with E-state index in [1.165, 1.54) is 10.8 Å². The Morgan fingerprint density at radius 1 is 1.03 bits per heavy atom. The molecule has 0 unspecified atom stereocenters. The molecule has 1 aliphatic rings. The Kier molecular flexibility index (Phi) is 32.3. The molecule has 0 saturated carbocycles. The Morgan fingerprint density at radius 3 is 1.87 bits per heavy atom. The third kappa shape index (κ3) is 24.2. The second kappa shape index (κ2) is 27.2. The maximum atomic E-state index is 9.60. The van der Waals surface area contributed by atoms with Gasteiger partial charge in [0.15, 0.2) is 0 Å². The number of benzene rings is 1. The van der Waals surface area contributed by atoms with Crippen LogP contribution in [0.25, 0.3) is 10.8 Å². The maximum Gasteiger partial charge on any atom is -0.0809 e. The van der Waals surface area contributed by atoms with Crippen molar-refractivity contribution in [1.82, 2.24) is 0 Å². The SMILES string of the molecule is CCCC(=O)O.CCCC(=O)O.[C-]1=CC=CC1.[CH3-].[CH3-].[Si]=[Ti].c1ccc2[cH-]ccc2c1. The minimum absolute atomic E-state index is 0. The van der Waals surface area contributed by atoms with Crippen LogP contribution in [0.2, 0.25) is 0 Å². The molecule has 30 heavy (non-hydrogen) atoms. The van der Waals surface area contributed by atoms with Crippen LogP contribution < -0.4 is 0 Å². The molecule has 1 aliphatic carbocycles. The molecule has 0 spiro atoms. The van der Waals surface area contributed by atoms with Gasteiger partial charge in [0.05, 0.1) is 0 Å². The van der Waals surface area contributed by atoms with Crippen molar-refractivity contribution in [3.05, 3.63) is 81.6 Å².